The van der Waals surface area contributed by atoms with Gasteiger partial charge in [0.15, 0.2) is 0 Å². The summed E-state index contributed by atoms with van der Waals surface area (Å²) in [5, 5.41) is 1.71. The van der Waals surface area contributed by atoms with Gasteiger partial charge in [-0.25, -0.2) is 0 Å². The zero-order valence-corrected chi connectivity index (χ0v) is 12.7. The van der Waals surface area contributed by atoms with Crippen LogP contribution in [0.2, 0.25) is 0 Å². The van der Waals surface area contributed by atoms with E-state index in [0.717, 1.165) is 19.5 Å². The number of hydrogen-bond acceptors (Lipinski definition) is 3. The lowest BCUT2D eigenvalue weighted by atomic mass is 10.1. The van der Waals surface area contributed by atoms with E-state index in [1.807, 2.05) is 0 Å². The summed E-state index contributed by atoms with van der Waals surface area (Å²) in [5.41, 5.74) is 0. The lowest BCUT2D eigenvalue weighted by molar-refractivity contribution is -0.166. The van der Waals surface area contributed by atoms with Gasteiger partial charge >= 0.3 is 5.97 Å². The molecule has 3 nitrogen and oxygen atoms in total. The van der Waals surface area contributed by atoms with Crippen LogP contribution in [0, 0.1) is 0 Å². The molecule has 1 rings (SSSR count). The Morgan fingerprint density at radius 3 is 1.79 bits per heavy atom. The molecule has 112 valence electrons. The molecule has 1 heterocycles. The van der Waals surface area contributed by atoms with Crippen molar-refractivity contribution in [2.24, 2.45) is 0 Å². The summed E-state index contributed by atoms with van der Waals surface area (Å²) in [7, 11) is 0. The van der Waals surface area contributed by atoms with Crippen LogP contribution in [0.15, 0.2) is 0 Å². The van der Waals surface area contributed by atoms with Crippen LogP contribution in [0.5, 0.6) is 0 Å². The molecular formula is C16H31NO2. The molecule has 1 aliphatic heterocycles. The van der Waals surface area contributed by atoms with E-state index in [1.165, 1.54) is 64.2 Å². The van der Waals surface area contributed by atoms with Gasteiger partial charge in [0, 0.05) is 6.42 Å². The molecule has 0 N–H and O–H groups in total. The Labute approximate surface area is 118 Å². The minimum absolute atomic E-state index is 0.0478. The molecule has 19 heavy (non-hydrogen) atoms. The Hall–Kier alpha value is -0.570. The van der Waals surface area contributed by atoms with Crippen LogP contribution in [-0.2, 0) is 9.63 Å². The summed E-state index contributed by atoms with van der Waals surface area (Å²) >= 11 is 0. The first-order valence-electron chi connectivity index (χ1n) is 8.28. The average molecular weight is 269 g/mol. The first-order chi connectivity index (χ1) is 9.33. The van der Waals surface area contributed by atoms with Gasteiger partial charge in [-0.1, -0.05) is 71.1 Å². The van der Waals surface area contributed by atoms with Crippen LogP contribution in [0.4, 0.5) is 0 Å². The lowest BCUT2D eigenvalue weighted by Gasteiger charge is -2.03. The normalized spacial score (nSPS) is 14.6. The summed E-state index contributed by atoms with van der Waals surface area (Å²) < 4.78 is 0. The minimum atomic E-state index is -0.0478. The predicted octanol–water partition coefficient (Wildman–Crippen LogP) is 4.46. The van der Waals surface area contributed by atoms with Gasteiger partial charge in [-0.2, -0.15) is 0 Å². The van der Waals surface area contributed by atoms with Crippen molar-refractivity contribution in [2.45, 2.75) is 84.0 Å². The van der Waals surface area contributed by atoms with Crippen molar-refractivity contribution in [3.63, 3.8) is 0 Å². The number of rotatable bonds is 13. The minimum Gasteiger partial charge on any atom is -0.368 e. The number of carbonyl (C=O) groups is 1. The van der Waals surface area contributed by atoms with E-state index < -0.39 is 0 Å². The van der Waals surface area contributed by atoms with Crippen molar-refractivity contribution in [3.8, 4) is 0 Å². The summed E-state index contributed by atoms with van der Waals surface area (Å²) in [5.74, 6) is -0.0478. The van der Waals surface area contributed by atoms with Gasteiger partial charge in [0.25, 0.3) is 0 Å². The maximum absolute atomic E-state index is 11.3. The van der Waals surface area contributed by atoms with Crippen LogP contribution in [-0.4, -0.2) is 24.1 Å². The van der Waals surface area contributed by atoms with Crippen molar-refractivity contribution >= 4 is 5.97 Å². The molecule has 0 bridgehead atoms. The quantitative estimate of drug-likeness (QED) is 0.365. The number of carbonyl (C=O) groups excluding carboxylic acids is 1. The maximum atomic E-state index is 11.3. The van der Waals surface area contributed by atoms with Gasteiger partial charge < -0.3 is 4.84 Å². The molecule has 1 saturated heterocycles. The van der Waals surface area contributed by atoms with Crippen LogP contribution in [0.3, 0.4) is 0 Å². The highest BCUT2D eigenvalue weighted by atomic mass is 16.7. The molecule has 0 aromatic rings. The van der Waals surface area contributed by atoms with Gasteiger partial charge in [0.05, 0.1) is 13.1 Å². The molecule has 0 aromatic carbocycles. The second kappa shape index (κ2) is 11.3. The Morgan fingerprint density at radius 2 is 1.32 bits per heavy atom. The summed E-state index contributed by atoms with van der Waals surface area (Å²) in [4.78, 5) is 16.3. The number of nitrogens with zero attached hydrogens (tertiary/aromatic N) is 1. The molecule has 1 fully saturated rings. The summed E-state index contributed by atoms with van der Waals surface area (Å²) in [6.45, 7) is 4.10. The molecular weight excluding hydrogens is 238 g/mol. The van der Waals surface area contributed by atoms with Gasteiger partial charge in [0.1, 0.15) is 0 Å². The monoisotopic (exact) mass is 269 g/mol. The molecule has 0 radical (unpaired) electrons. The largest absolute Gasteiger partial charge is 0.368 e. The second-order valence-electron chi connectivity index (χ2n) is 5.68. The first-order valence-corrected chi connectivity index (χ1v) is 8.28. The van der Waals surface area contributed by atoms with Crippen molar-refractivity contribution < 1.29 is 9.63 Å². The van der Waals surface area contributed by atoms with E-state index >= 15 is 0 Å². The van der Waals surface area contributed by atoms with Crippen molar-refractivity contribution in [3.05, 3.63) is 0 Å². The van der Waals surface area contributed by atoms with E-state index in [1.54, 1.807) is 5.06 Å². The van der Waals surface area contributed by atoms with E-state index in [2.05, 4.69) is 6.92 Å². The highest BCUT2D eigenvalue weighted by Crippen LogP contribution is 2.13. The Kier molecular flexibility index (Phi) is 9.78. The average Bonchev–Trinajstić information content (AvgIpc) is 3.20. The fraction of sp³-hybridized carbons (Fsp3) is 0.938. The highest BCUT2D eigenvalue weighted by molar-refractivity contribution is 5.69. The molecule has 0 amide bonds. The Balaban J connectivity index is 1.70. The smallest absolute Gasteiger partial charge is 0.325 e. The Morgan fingerprint density at radius 1 is 0.842 bits per heavy atom. The SMILES string of the molecule is CCCCCCCCCCCCCC(=O)ON1CC1. The Bertz CT molecular complexity index is 227. The summed E-state index contributed by atoms with van der Waals surface area (Å²) in [6, 6.07) is 0. The molecule has 0 atom stereocenters. The third-order valence-corrected chi connectivity index (χ3v) is 3.62. The zero-order chi connectivity index (χ0) is 13.8. The fourth-order valence-corrected chi connectivity index (χ4v) is 2.26. The van der Waals surface area contributed by atoms with Gasteiger partial charge in [-0.15, -0.1) is 5.06 Å². The number of hydroxylamine groups is 2. The zero-order valence-electron chi connectivity index (χ0n) is 12.7. The second-order valence-corrected chi connectivity index (χ2v) is 5.68. The highest BCUT2D eigenvalue weighted by Gasteiger charge is 2.21. The molecule has 0 unspecified atom stereocenters. The first kappa shape index (κ1) is 16.5. The third-order valence-electron chi connectivity index (χ3n) is 3.62. The van der Waals surface area contributed by atoms with E-state index in [-0.39, 0.29) is 5.97 Å². The van der Waals surface area contributed by atoms with Gasteiger partial charge in [-0.05, 0) is 6.42 Å². The third kappa shape index (κ3) is 11.0. The molecule has 3 heteroatoms. The summed E-state index contributed by atoms with van der Waals surface area (Å²) in [6.07, 6.45) is 15.1. The van der Waals surface area contributed by atoms with Crippen LogP contribution in [0.1, 0.15) is 84.0 Å². The van der Waals surface area contributed by atoms with E-state index in [4.69, 9.17) is 4.84 Å². The number of unbranched alkanes of at least 4 members (excludes halogenated alkanes) is 10. The van der Waals surface area contributed by atoms with Crippen molar-refractivity contribution in [1.82, 2.24) is 5.06 Å². The topological polar surface area (TPSA) is 29.3 Å². The van der Waals surface area contributed by atoms with Crippen LogP contribution >= 0.6 is 0 Å². The van der Waals surface area contributed by atoms with Crippen LogP contribution in [0.25, 0.3) is 0 Å². The molecule has 0 aliphatic carbocycles. The maximum Gasteiger partial charge on any atom is 0.325 e. The molecule has 0 spiro atoms. The van der Waals surface area contributed by atoms with Gasteiger partial charge in [0.2, 0.25) is 0 Å². The van der Waals surface area contributed by atoms with Gasteiger partial charge in [-0.3, -0.25) is 4.79 Å². The van der Waals surface area contributed by atoms with Crippen LogP contribution < -0.4 is 0 Å². The van der Waals surface area contributed by atoms with Crippen molar-refractivity contribution in [2.75, 3.05) is 13.1 Å². The molecule has 0 aromatic heterocycles. The van der Waals surface area contributed by atoms with E-state index in [0.29, 0.717) is 6.42 Å². The van der Waals surface area contributed by atoms with Crippen molar-refractivity contribution in [1.29, 1.82) is 0 Å². The predicted molar refractivity (Wildman–Crippen MR) is 78.7 cm³/mol. The lowest BCUT2D eigenvalue weighted by Crippen LogP contribution is -2.08. The van der Waals surface area contributed by atoms with E-state index in [9.17, 15) is 4.79 Å². The molecule has 1 aliphatic rings. The standard InChI is InChI=1S/C16H31NO2/c1-2-3-4-5-6-7-8-9-10-11-12-13-16(18)19-17-14-15-17/h2-15H2,1H3. The number of hydrogen-bond donors (Lipinski definition) is 0. The molecule has 0 saturated carbocycles. The fourth-order valence-electron chi connectivity index (χ4n) is 2.26.